The summed E-state index contributed by atoms with van der Waals surface area (Å²) in [6.07, 6.45) is 1.77. The fraction of sp³-hybridized carbons (Fsp3) is 0.300. The number of amides is 3. The van der Waals surface area contributed by atoms with Crippen LogP contribution >= 0.6 is 0 Å². The average Bonchev–Trinajstić information content (AvgIpc) is 3.15. The van der Waals surface area contributed by atoms with Gasteiger partial charge in [0, 0.05) is 32.5 Å². The topological polar surface area (TPSA) is 104 Å². The van der Waals surface area contributed by atoms with Gasteiger partial charge in [-0.05, 0) is 29.7 Å². The van der Waals surface area contributed by atoms with Gasteiger partial charge in [-0.15, -0.1) is 0 Å². The first kappa shape index (κ1) is 28.0. The predicted molar refractivity (Wildman–Crippen MR) is 148 cm³/mol. The van der Waals surface area contributed by atoms with Crippen molar-refractivity contribution in [1.82, 2.24) is 14.5 Å². The van der Waals surface area contributed by atoms with Crippen molar-refractivity contribution in [3.05, 3.63) is 102 Å². The highest BCUT2D eigenvalue weighted by Crippen LogP contribution is 2.30. The monoisotopic (exact) mass is 547 g/mol. The van der Waals surface area contributed by atoms with Crippen molar-refractivity contribution in [3.63, 3.8) is 0 Å². The molecule has 1 aliphatic heterocycles. The maximum absolute atomic E-state index is 13.8. The normalized spacial score (nSPS) is 14.5. The van der Waals surface area contributed by atoms with E-state index in [1.165, 1.54) is 17.0 Å². The smallest absolute Gasteiger partial charge is 0.269 e. The number of carbonyl (C=O) groups excluding carboxylic acids is 3. The highest BCUT2D eigenvalue weighted by molar-refractivity contribution is 7.90. The van der Waals surface area contributed by atoms with E-state index in [9.17, 15) is 22.8 Å². The van der Waals surface area contributed by atoms with Crippen LogP contribution in [0.5, 0.6) is 0 Å². The number of rotatable bonds is 12. The number of sulfonamides is 1. The molecule has 3 amide bonds. The van der Waals surface area contributed by atoms with Crippen LogP contribution in [0.2, 0.25) is 0 Å². The first-order chi connectivity index (χ1) is 18.8. The molecule has 1 atom stereocenters. The predicted octanol–water partition coefficient (Wildman–Crippen LogP) is 3.78. The van der Waals surface area contributed by atoms with Crippen molar-refractivity contribution in [2.45, 2.75) is 50.1 Å². The second kappa shape index (κ2) is 12.7. The quantitative estimate of drug-likeness (QED) is 0.348. The van der Waals surface area contributed by atoms with Crippen molar-refractivity contribution in [2.24, 2.45) is 0 Å². The van der Waals surface area contributed by atoms with Crippen LogP contribution < -0.4 is 5.32 Å². The Morgan fingerprint density at radius 1 is 0.897 bits per heavy atom. The number of unbranched alkanes of at least 4 members (excludes halogenated alkanes) is 1. The van der Waals surface area contributed by atoms with E-state index >= 15 is 0 Å². The van der Waals surface area contributed by atoms with Crippen molar-refractivity contribution in [2.75, 3.05) is 13.1 Å². The lowest BCUT2D eigenvalue weighted by atomic mass is 10.0. The molecule has 9 heteroatoms. The van der Waals surface area contributed by atoms with Gasteiger partial charge in [0.15, 0.2) is 0 Å². The molecule has 0 unspecified atom stereocenters. The van der Waals surface area contributed by atoms with E-state index < -0.39 is 27.9 Å². The largest absolute Gasteiger partial charge is 0.354 e. The van der Waals surface area contributed by atoms with Gasteiger partial charge in [0.05, 0.1) is 5.56 Å². The van der Waals surface area contributed by atoms with Crippen molar-refractivity contribution in [1.29, 1.82) is 0 Å². The van der Waals surface area contributed by atoms with Gasteiger partial charge >= 0.3 is 0 Å². The second-order valence-corrected chi connectivity index (χ2v) is 11.3. The number of benzene rings is 3. The third-order valence-corrected chi connectivity index (χ3v) is 8.58. The molecular formula is C30H33N3O5S. The lowest BCUT2D eigenvalue weighted by molar-refractivity contribution is -0.141. The van der Waals surface area contributed by atoms with E-state index in [0.717, 1.165) is 28.3 Å². The van der Waals surface area contributed by atoms with E-state index in [1.54, 1.807) is 12.1 Å². The van der Waals surface area contributed by atoms with E-state index in [1.807, 2.05) is 67.6 Å². The summed E-state index contributed by atoms with van der Waals surface area (Å²) in [5, 5.41) is 2.96. The van der Waals surface area contributed by atoms with Gasteiger partial charge in [-0.2, -0.15) is 0 Å². The van der Waals surface area contributed by atoms with Crippen LogP contribution in [0.15, 0.2) is 89.8 Å². The molecule has 1 N–H and O–H groups in total. The summed E-state index contributed by atoms with van der Waals surface area (Å²) in [4.78, 5) is 41.6. The third kappa shape index (κ3) is 6.54. The summed E-state index contributed by atoms with van der Waals surface area (Å²) in [6, 6.07) is 24.0. The molecule has 1 aliphatic rings. The maximum Gasteiger partial charge on any atom is 0.269 e. The Hall–Kier alpha value is -3.98. The van der Waals surface area contributed by atoms with Crippen LogP contribution in [-0.4, -0.2) is 54.5 Å². The molecule has 0 radical (unpaired) electrons. The molecule has 0 spiro atoms. The number of fused-ring (bicyclic) bond motifs is 1. The molecule has 0 bridgehead atoms. The van der Waals surface area contributed by atoms with Gasteiger partial charge in [-0.3, -0.25) is 14.4 Å². The Morgan fingerprint density at radius 2 is 1.51 bits per heavy atom. The Labute approximate surface area is 229 Å². The summed E-state index contributed by atoms with van der Waals surface area (Å²) in [6.45, 7) is 2.38. The molecular weight excluding hydrogens is 514 g/mol. The van der Waals surface area contributed by atoms with E-state index in [4.69, 9.17) is 0 Å². The minimum atomic E-state index is -4.04. The number of nitrogens with one attached hydrogen (secondary N) is 1. The third-order valence-electron chi connectivity index (χ3n) is 6.74. The Kier molecular flexibility index (Phi) is 9.14. The molecule has 1 heterocycles. The summed E-state index contributed by atoms with van der Waals surface area (Å²) >= 11 is 0. The average molecular weight is 548 g/mol. The molecule has 3 aromatic rings. The minimum Gasteiger partial charge on any atom is -0.354 e. The van der Waals surface area contributed by atoms with Crippen LogP contribution in [0.4, 0.5) is 0 Å². The summed E-state index contributed by atoms with van der Waals surface area (Å²) in [5.74, 6) is -1.33. The van der Waals surface area contributed by atoms with Crippen LogP contribution in [0.3, 0.4) is 0 Å². The lowest BCUT2D eigenvalue weighted by Crippen LogP contribution is -2.51. The van der Waals surface area contributed by atoms with Gasteiger partial charge < -0.3 is 10.2 Å². The second-order valence-electron chi connectivity index (χ2n) is 9.49. The van der Waals surface area contributed by atoms with Crippen molar-refractivity contribution >= 4 is 27.7 Å². The molecule has 0 fully saturated rings. The van der Waals surface area contributed by atoms with Gasteiger partial charge in [0.2, 0.25) is 11.8 Å². The van der Waals surface area contributed by atoms with Crippen LogP contribution in [0.25, 0.3) is 0 Å². The Balaban J connectivity index is 1.60. The van der Waals surface area contributed by atoms with Crippen LogP contribution in [0, 0.1) is 0 Å². The van der Waals surface area contributed by atoms with Crippen molar-refractivity contribution in [3.8, 4) is 0 Å². The standard InChI is InChI=1S/C30H33N3O5S/c1-2-3-19-31-29(35)26(21-23-12-6-4-7-13-23)32(22-24-14-8-5-9-15-24)28(34)18-20-33-30(36)25-16-10-11-17-27(25)39(33,37)38/h4-17,26H,2-3,18-22H2,1H3,(H,31,35)/t26-/m1/s1. The lowest BCUT2D eigenvalue weighted by Gasteiger charge is -2.32. The van der Waals surface area contributed by atoms with Crippen LogP contribution in [-0.2, 0) is 32.6 Å². The molecule has 4 rings (SSSR count). The van der Waals surface area contributed by atoms with E-state index in [-0.39, 0.29) is 35.9 Å². The van der Waals surface area contributed by atoms with Crippen molar-refractivity contribution < 1.29 is 22.8 Å². The first-order valence-corrected chi connectivity index (χ1v) is 14.6. The van der Waals surface area contributed by atoms with Crippen LogP contribution in [0.1, 0.15) is 47.7 Å². The fourth-order valence-electron chi connectivity index (χ4n) is 4.63. The summed E-state index contributed by atoms with van der Waals surface area (Å²) in [5.41, 5.74) is 1.83. The number of carbonyl (C=O) groups is 3. The maximum atomic E-state index is 13.8. The molecule has 0 saturated heterocycles. The number of hydrogen-bond acceptors (Lipinski definition) is 5. The van der Waals surface area contributed by atoms with Gasteiger partial charge in [0.25, 0.3) is 15.9 Å². The molecule has 0 saturated carbocycles. The molecule has 204 valence electrons. The number of nitrogens with zero attached hydrogens (tertiary/aromatic N) is 2. The zero-order valence-corrected chi connectivity index (χ0v) is 22.8. The molecule has 8 nitrogen and oxygen atoms in total. The van der Waals surface area contributed by atoms with Gasteiger partial charge in [-0.25, -0.2) is 12.7 Å². The van der Waals surface area contributed by atoms with E-state index in [0.29, 0.717) is 13.0 Å². The highest BCUT2D eigenvalue weighted by Gasteiger charge is 2.41. The Bertz CT molecular complexity index is 1410. The summed E-state index contributed by atoms with van der Waals surface area (Å²) < 4.78 is 26.8. The van der Waals surface area contributed by atoms with Gasteiger partial charge in [-0.1, -0.05) is 86.1 Å². The zero-order valence-electron chi connectivity index (χ0n) is 22.0. The molecule has 0 aliphatic carbocycles. The summed E-state index contributed by atoms with van der Waals surface area (Å²) in [7, 11) is -4.04. The fourth-order valence-corrected chi connectivity index (χ4v) is 6.20. The SMILES string of the molecule is CCCCNC(=O)[C@@H](Cc1ccccc1)N(Cc1ccccc1)C(=O)CCN1C(=O)c2ccccc2S1(=O)=O. The molecule has 0 aromatic heterocycles. The Morgan fingerprint density at radius 3 is 2.15 bits per heavy atom. The minimum absolute atomic E-state index is 0.0548. The highest BCUT2D eigenvalue weighted by atomic mass is 32.2. The number of hydrogen-bond donors (Lipinski definition) is 1. The molecule has 3 aromatic carbocycles. The zero-order chi connectivity index (χ0) is 27.8. The molecule has 39 heavy (non-hydrogen) atoms. The van der Waals surface area contributed by atoms with E-state index in [2.05, 4.69) is 5.32 Å². The first-order valence-electron chi connectivity index (χ1n) is 13.1. The van der Waals surface area contributed by atoms with Gasteiger partial charge in [0.1, 0.15) is 10.9 Å².